The third-order valence-corrected chi connectivity index (χ3v) is 4.04. The summed E-state index contributed by atoms with van der Waals surface area (Å²) in [5, 5.41) is 0. The molecule has 0 amide bonds. The summed E-state index contributed by atoms with van der Waals surface area (Å²) in [6.07, 6.45) is 3.47. The normalized spacial score (nSPS) is 14.1. The summed E-state index contributed by atoms with van der Waals surface area (Å²) in [4.78, 5) is 23.4. The second-order valence-electron chi connectivity index (χ2n) is 4.33. The molecule has 1 aliphatic carbocycles. The van der Waals surface area contributed by atoms with Crippen LogP contribution in [0.25, 0.3) is 0 Å². The van der Waals surface area contributed by atoms with Crippen molar-refractivity contribution in [3.05, 3.63) is 40.8 Å². The van der Waals surface area contributed by atoms with Gasteiger partial charge < -0.3 is 9.47 Å². The molecule has 2 rings (SSSR count). The van der Waals surface area contributed by atoms with Gasteiger partial charge >= 0.3 is 5.97 Å². The molecule has 4 nitrogen and oxygen atoms in total. The first-order valence-electron chi connectivity index (χ1n) is 6.34. The Kier molecular flexibility index (Phi) is 5.24. The maximum Gasteiger partial charge on any atom is 0.343 e. The molecule has 0 spiro atoms. The first-order chi connectivity index (χ1) is 9.69. The molecule has 0 unspecified atom stereocenters. The molecule has 0 atom stereocenters. The molecule has 0 bridgehead atoms. The first-order valence-corrected chi connectivity index (χ1v) is 7.32. The molecule has 1 aromatic rings. The Morgan fingerprint density at radius 1 is 1.40 bits per heavy atom. The maximum atomic E-state index is 11.5. The number of carbonyl (C=O) groups excluding carboxylic acids is 2. The van der Waals surface area contributed by atoms with Crippen molar-refractivity contribution in [1.82, 2.24) is 0 Å². The zero-order valence-electron chi connectivity index (χ0n) is 11.3. The molecule has 5 heteroatoms. The van der Waals surface area contributed by atoms with E-state index in [1.807, 2.05) is 24.3 Å². The first kappa shape index (κ1) is 14.7. The van der Waals surface area contributed by atoms with E-state index in [9.17, 15) is 9.59 Å². The van der Waals surface area contributed by atoms with E-state index in [-0.39, 0.29) is 12.4 Å². The summed E-state index contributed by atoms with van der Waals surface area (Å²) in [5.74, 6) is 1.16. The predicted octanol–water partition coefficient (Wildman–Crippen LogP) is 2.72. The van der Waals surface area contributed by atoms with Crippen LogP contribution in [0, 0.1) is 0 Å². The van der Waals surface area contributed by atoms with Crippen molar-refractivity contribution in [3.63, 3.8) is 0 Å². The second-order valence-corrected chi connectivity index (χ2v) is 5.35. The Bertz CT molecular complexity index is 536. The Hall–Kier alpha value is -1.75. The molecular weight excluding hydrogens is 276 g/mol. The highest BCUT2D eigenvalue weighted by atomic mass is 32.2. The van der Waals surface area contributed by atoms with Crippen molar-refractivity contribution in [1.29, 1.82) is 0 Å². The largest absolute Gasteiger partial charge is 0.482 e. The molecule has 106 valence electrons. The van der Waals surface area contributed by atoms with Crippen molar-refractivity contribution in [2.45, 2.75) is 18.6 Å². The minimum atomic E-state index is -0.411. The van der Waals surface area contributed by atoms with E-state index < -0.39 is 5.97 Å². The van der Waals surface area contributed by atoms with Crippen LogP contribution >= 0.6 is 11.8 Å². The Labute approximate surface area is 122 Å². The summed E-state index contributed by atoms with van der Waals surface area (Å²) in [5.41, 5.74) is 1.05. The molecule has 0 saturated heterocycles. The van der Waals surface area contributed by atoms with Gasteiger partial charge in [0.25, 0.3) is 0 Å². The topological polar surface area (TPSA) is 52.6 Å². The monoisotopic (exact) mass is 292 g/mol. The van der Waals surface area contributed by atoms with Gasteiger partial charge in [-0.1, -0.05) is 18.2 Å². The molecule has 20 heavy (non-hydrogen) atoms. The van der Waals surface area contributed by atoms with Crippen LogP contribution in [0.15, 0.2) is 35.2 Å². The number of allylic oxidation sites excluding steroid dienone is 2. The van der Waals surface area contributed by atoms with Crippen LogP contribution in [0.1, 0.15) is 18.4 Å². The third-order valence-electron chi connectivity index (χ3n) is 2.85. The number of hydrogen-bond acceptors (Lipinski definition) is 5. The zero-order valence-corrected chi connectivity index (χ0v) is 12.1. The summed E-state index contributed by atoms with van der Waals surface area (Å²) in [6.45, 7) is -0.100. The van der Waals surface area contributed by atoms with Crippen LogP contribution in [-0.4, -0.2) is 25.5 Å². The minimum Gasteiger partial charge on any atom is -0.482 e. The van der Waals surface area contributed by atoms with E-state index in [2.05, 4.69) is 4.74 Å². The van der Waals surface area contributed by atoms with Gasteiger partial charge in [0.15, 0.2) is 12.4 Å². The quantitative estimate of drug-likeness (QED) is 0.755. The molecular formula is C15H16O4S. The highest BCUT2D eigenvalue weighted by Crippen LogP contribution is 2.29. The number of ketones is 1. The zero-order chi connectivity index (χ0) is 14.4. The molecule has 1 aliphatic rings. The van der Waals surface area contributed by atoms with Crippen molar-refractivity contribution < 1.29 is 19.1 Å². The van der Waals surface area contributed by atoms with Gasteiger partial charge in [0.1, 0.15) is 5.75 Å². The third kappa shape index (κ3) is 4.13. The SMILES string of the molecule is COC(=O)COc1cccc(CSC2=CCCC2=O)c1. The molecule has 1 aromatic carbocycles. The lowest BCUT2D eigenvalue weighted by Crippen LogP contribution is -2.12. The lowest BCUT2D eigenvalue weighted by Gasteiger charge is -2.07. The number of rotatable bonds is 6. The number of Topliss-reactive ketones (excluding diaryl/α,β-unsaturated/α-hetero) is 1. The number of esters is 1. The summed E-state index contributed by atoms with van der Waals surface area (Å²) >= 11 is 1.55. The number of ether oxygens (including phenoxy) is 2. The van der Waals surface area contributed by atoms with Crippen LogP contribution in [-0.2, 0) is 20.1 Å². The molecule has 0 aliphatic heterocycles. The molecule has 0 fully saturated rings. The standard InChI is InChI=1S/C15H16O4S/c1-18-15(17)9-19-12-5-2-4-11(8-12)10-20-14-7-3-6-13(14)16/h2,4-5,7-8H,3,6,9-10H2,1H3. The van der Waals surface area contributed by atoms with E-state index in [4.69, 9.17) is 4.74 Å². The smallest absolute Gasteiger partial charge is 0.343 e. The maximum absolute atomic E-state index is 11.5. The van der Waals surface area contributed by atoms with Crippen LogP contribution in [0.5, 0.6) is 5.75 Å². The summed E-state index contributed by atoms with van der Waals surface area (Å²) < 4.78 is 9.84. The van der Waals surface area contributed by atoms with E-state index in [1.54, 1.807) is 17.8 Å². The van der Waals surface area contributed by atoms with Gasteiger partial charge in [-0.3, -0.25) is 4.79 Å². The molecule has 0 heterocycles. The van der Waals surface area contributed by atoms with Gasteiger partial charge in [-0.2, -0.15) is 0 Å². The number of thioether (sulfide) groups is 1. The van der Waals surface area contributed by atoms with Gasteiger partial charge in [-0.15, -0.1) is 11.8 Å². The van der Waals surface area contributed by atoms with E-state index in [0.29, 0.717) is 17.9 Å². The number of benzene rings is 1. The van der Waals surface area contributed by atoms with E-state index in [1.165, 1.54) is 7.11 Å². The lowest BCUT2D eigenvalue weighted by atomic mass is 10.2. The van der Waals surface area contributed by atoms with Crippen LogP contribution in [0.4, 0.5) is 0 Å². The molecule has 0 N–H and O–H groups in total. The predicted molar refractivity (Wildman–Crippen MR) is 77.6 cm³/mol. The number of hydrogen-bond donors (Lipinski definition) is 0. The van der Waals surface area contributed by atoms with Gasteiger partial charge in [0, 0.05) is 17.1 Å². The van der Waals surface area contributed by atoms with Crippen molar-refractivity contribution in [2.75, 3.05) is 13.7 Å². The Morgan fingerprint density at radius 3 is 2.95 bits per heavy atom. The van der Waals surface area contributed by atoms with Crippen LogP contribution < -0.4 is 4.74 Å². The average Bonchev–Trinajstić information content (AvgIpc) is 2.88. The number of carbonyl (C=O) groups is 2. The van der Waals surface area contributed by atoms with Crippen molar-refractivity contribution >= 4 is 23.5 Å². The van der Waals surface area contributed by atoms with Crippen molar-refractivity contribution in [2.24, 2.45) is 0 Å². The average molecular weight is 292 g/mol. The highest BCUT2D eigenvalue weighted by Gasteiger charge is 2.15. The fraction of sp³-hybridized carbons (Fsp3) is 0.333. The Balaban J connectivity index is 1.89. The van der Waals surface area contributed by atoms with Gasteiger partial charge in [-0.05, 0) is 24.1 Å². The molecule has 0 radical (unpaired) electrons. The van der Waals surface area contributed by atoms with Gasteiger partial charge in [-0.25, -0.2) is 4.79 Å². The fourth-order valence-electron chi connectivity index (χ4n) is 1.80. The minimum absolute atomic E-state index is 0.100. The highest BCUT2D eigenvalue weighted by molar-refractivity contribution is 8.03. The van der Waals surface area contributed by atoms with E-state index >= 15 is 0 Å². The molecule has 0 saturated carbocycles. The fourth-order valence-corrected chi connectivity index (χ4v) is 2.80. The second kappa shape index (κ2) is 7.14. The lowest BCUT2D eigenvalue weighted by molar-refractivity contribution is -0.142. The summed E-state index contributed by atoms with van der Waals surface area (Å²) in [7, 11) is 1.32. The van der Waals surface area contributed by atoms with Crippen molar-refractivity contribution in [3.8, 4) is 5.75 Å². The van der Waals surface area contributed by atoms with E-state index in [0.717, 1.165) is 16.9 Å². The summed E-state index contributed by atoms with van der Waals surface area (Å²) in [6, 6.07) is 7.50. The molecule has 0 aromatic heterocycles. The Morgan fingerprint density at radius 2 is 2.25 bits per heavy atom. The number of methoxy groups -OCH3 is 1. The van der Waals surface area contributed by atoms with Gasteiger partial charge in [0.2, 0.25) is 0 Å². The van der Waals surface area contributed by atoms with Crippen LogP contribution in [0.2, 0.25) is 0 Å². The van der Waals surface area contributed by atoms with Crippen LogP contribution in [0.3, 0.4) is 0 Å². The van der Waals surface area contributed by atoms with Gasteiger partial charge in [0.05, 0.1) is 7.11 Å².